The van der Waals surface area contributed by atoms with Crippen LogP contribution in [0.4, 0.5) is 17.1 Å². The van der Waals surface area contributed by atoms with Crippen molar-refractivity contribution in [2.24, 2.45) is 5.10 Å². The predicted octanol–water partition coefficient (Wildman–Crippen LogP) is 4.54. The lowest BCUT2D eigenvalue weighted by molar-refractivity contribution is -0.384. The smallest absolute Gasteiger partial charge is 0.269 e. The largest absolute Gasteiger partial charge is 0.280 e. The van der Waals surface area contributed by atoms with Crippen molar-refractivity contribution in [2.75, 3.05) is 10.1 Å². The number of anilines is 2. The average molecular weight is 424 g/mol. The van der Waals surface area contributed by atoms with Gasteiger partial charge in [0.25, 0.3) is 15.7 Å². The Morgan fingerprint density at radius 3 is 2.03 bits per heavy atom. The summed E-state index contributed by atoms with van der Waals surface area (Å²) in [5.41, 5.74) is 6.34. The topological polar surface area (TPSA) is 114 Å². The molecule has 0 saturated heterocycles. The number of nitrogens with one attached hydrogen (secondary N) is 2. The number of benzene rings is 3. The van der Waals surface area contributed by atoms with Crippen LogP contribution in [-0.2, 0) is 10.0 Å². The van der Waals surface area contributed by atoms with E-state index in [1.54, 1.807) is 67.6 Å². The Bertz CT molecular complexity index is 1170. The SMILES string of the molecule is C/C(=N\Nc1ccc([N+](=O)[O-])cc1)c1ccc(NS(=O)(=O)c2ccc(C)cc2)cc1. The molecule has 0 aromatic heterocycles. The molecule has 0 fully saturated rings. The van der Waals surface area contributed by atoms with Crippen LogP contribution in [0.25, 0.3) is 0 Å². The molecule has 0 atom stereocenters. The van der Waals surface area contributed by atoms with Crippen molar-refractivity contribution in [3.63, 3.8) is 0 Å². The third-order valence-corrected chi connectivity index (χ3v) is 5.71. The molecule has 3 rings (SSSR count). The standard InChI is InChI=1S/C21H20N4O4S/c1-15-3-13-21(14-4-15)30(28,29)24-19-7-5-17(6-8-19)16(2)22-23-18-9-11-20(12-10-18)25(26)27/h3-14,23-24H,1-2H3/b22-16+. The first-order chi connectivity index (χ1) is 14.2. The third kappa shape index (κ3) is 5.21. The third-order valence-electron chi connectivity index (χ3n) is 4.32. The van der Waals surface area contributed by atoms with Gasteiger partial charge in [-0.3, -0.25) is 20.3 Å². The first-order valence-electron chi connectivity index (χ1n) is 8.99. The van der Waals surface area contributed by atoms with Crippen LogP contribution in [0.1, 0.15) is 18.1 Å². The van der Waals surface area contributed by atoms with Gasteiger partial charge < -0.3 is 0 Å². The molecule has 30 heavy (non-hydrogen) atoms. The zero-order chi connectivity index (χ0) is 21.7. The molecule has 0 spiro atoms. The van der Waals surface area contributed by atoms with Crippen molar-refractivity contribution >= 4 is 32.8 Å². The molecule has 0 heterocycles. The maximum Gasteiger partial charge on any atom is 0.269 e. The minimum atomic E-state index is -3.66. The molecular formula is C21H20N4O4S. The molecule has 0 aliphatic heterocycles. The predicted molar refractivity (Wildman–Crippen MR) is 117 cm³/mol. The summed E-state index contributed by atoms with van der Waals surface area (Å²) in [6.45, 7) is 3.69. The lowest BCUT2D eigenvalue weighted by atomic mass is 10.1. The number of hydrogen-bond acceptors (Lipinski definition) is 6. The Kier molecular flexibility index (Phi) is 6.12. The Hall–Kier alpha value is -3.72. The van der Waals surface area contributed by atoms with Gasteiger partial charge in [-0.25, -0.2) is 8.42 Å². The molecule has 0 radical (unpaired) electrons. The van der Waals surface area contributed by atoms with Gasteiger partial charge in [-0.05, 0) is 55.8 Å². The van der Waals surface area contributed by atoms with E-state index < -0.39 is 14.9 Å². The molecule has 0 amide bonds. The number of hydrazone groups is 1. The fraction of sp³-hybridized carbons (Fsp3) is 0.0952. The van der Waals surface area contributed by atoms with E-state index in [2.05, 4.69) is 15.2 Å². The van der Waals surface area contributed by atoms with E-state index in [9.17, 15) is 18.5 Å². The minimum absolute atomic E-state index is 0.00456. The number of non-ortho nitro benzene ring substituents is 1. The van der Waals surface area contributed by atoms with E-state index in [1.165, 1.54) is 12.1 Å². The summed E-state index contributed by atoms with van der Waals surface area (Å²) in [5, 5.41) is 14.9. The van der Waals surface area contributed by atoms with Crippen LogP contribution in [0.5, 0.6) is 0 Å². The first-order valence-corrected chi connectivity index (χ1v) is 10.5. The van der Waals surface area contributed by atoms with E-state index in [0.29, 0.717) is 17.1 Å². The molecule has 0 unspecified atom stereocenters. The highest BCUT2D eigenvalue weighted by atomic mass is 32.2. The van der Waals surface area contributed by atoms with Gasteiger partial charge in [-0.1, -0.05) is 29.8 Å². The van der Waals surface area contributed by atoms with E-state index in [4.69, 9.17) is 0 Å². The van der Waals surface area contributed by atoms with E-state index in [-0.39, 0.29) is 10.6 Å². The number of nitro benzene ring substituents is 1. The molecule has 0 aliphatic carbocycles. The molecule has 0 bridgehead atoms. The Morgan fingerprint density at radius 1 is 0.900 bits per heavy atom. The van der Waals surface area contributed by atoms with Gasteiger partial charge in [0.1, 0.15) is 0 Å². The van der Waals surface area contributed by atoms with Crippen LogP contribution in [0.15, 0.2) is 82.8 Å². The Morgan fingerprint density at radius 2 is 1.47 bits per heavy atom. The van der Waals surface area contributed by atoms with Gasteiger partial charge in [0.2, 0.25) is 0 Å². The molecule has 3 aromatic carbocycles. The second-order valence-electron chi connectivity index (χ2n) is 6.61. The monoisotopic (exact) mass is 424 g/mol. The normalized spacial score (nSPS) is 11.7. The van der Waals surface area contributed by atoms with Crippen LogP contribution in [0, 0.1) is 17.0 Å². The van der Waals surface area contributed by atoms with Crippen molar-refractivity contribution < 1.29 is 13.3 Å². The maximum atomic E-state index is 12.5. The van der Waals surface area contributed by atoms with Crippen molar-refractivity contribution in [2.45, 2.75) is 18.7 Å². The molecule has 0 saturated carbocycles. The lowest BCUT2D eigenvalue weighted by Crippen LogP contribution is -2.13. The van der Waals surface area contributed by atoms with Gasteiger partial charge >= 0.3 is 0 Å². The van der Waals surface area contributed by atoms with Gasteiger partial charge in [-0.2, -0.15) is 5.10 Å². The second-order valence-corrected chi connectivity index (χ2v) is 8.29. The van der Waals surface area contributed by atoms with E-state index in [0.717, 1.165) is 11.1 Å². The van der Waals surface area contributed by atoms with Crippen LogP contribution in [0.2, 0.25) is 0 Å². The Balaban J connectivity index is 1.67. The van der Waals surface area contributed by atoms with Gasteiger partial charge in [0.05, 0.1) is 21.2 Å². The molecule has 3 aromatic rings. The average Bonchev–Trinajstić information content (AvgIpc) is 2.73. The molecule has 154 valence electrons. The Labute approximate surface area is 174 Å². The summed E-state index contributed by atoms with van der Waals surface area (Å²) in [6, 6.07) is 19.4. The number of rotatable bonds is 7. The van der Waals surface area contributed by atoms with Crippen LogP contribution >= 0.6 is 0 Å². The summed E-state index contributed by atoms with van der Waals surface area (Å²) in [7, 11) is -3.66. The summed E-state index contributed by atoms with van der Waals surface area (Å²) >= 11 is 0. The minimum Gasteiger partial charge on any atom is -0.280 e. The van der Waals surface area contributed by atoms with Gasteiger partial charge in [0, 0.05) is 17.8 Å². The van der Waals surface area contributed by atoms with Crippen LogP contribution in [-0.4, -0.2) is 19.1 Å². The summed E-state index contributed by atoms with van der Waals surface area (Å²) in [5.74, 6) is 0. The number of aryl methyl sites for hydroxylation is 1. The molecular weight excluding hydrogens is 404 g/mol. The highest BCUT2D eigenvalue weighted by molar-refractivity contribution is 7.92. The fourth-order valence-electron chi connectivity index (χ4n) is 2.58. The van der Waals surface area contributed by atoms with Crippen molar-refractivity contribution in [3.8, 4) is 0 Å². The van der Waals surface area contributed by atoms with Crippen LogP contribution < -0.4 is 10.1 Å². The second kappa shape index (κ2) is 8.75. The fourth-order valence-corrected chi connectivity index (χ4v) is 3.64. The molecule has 2 N–H and O–H groups in total. The number of sulfonamides is 1. The van der Waals surface area contributed by atoms with E-state index in [1.807, 2.05) is 6.92 Å². The molecule has 8 nitrogen and oxygen atoms in total. The summed E-state index contributed by atoms with van der Waals surface area (Å²) in [6.07, 6.45) is 0. The van der Waals surface area contributed by atoms with Crippen LogP contribution in [0.3, 0.4) is 0 Å². The van der Waals surface area contributed by atoms with Crippen molar-refractivity contribution in [1.82, 2.24) is 0 Å². The zero-order valence-electron chi connectivity index (χ0n) is 16.4. The summed E-state index contributed by atoms with van der Waals surface area (Å²) in [4.78, 5) is 10.4. The highest BCUT2D eigenvalue weighted by Gasteiger charge is 2.13. The molecule has 0 aliphatic rings. The summed E-state index contributed by atoms with van der Waals surface area (Å²) < 4.78 is 27.5. The first kappa shape index (κ1) is 21.0. The zero-order valence-corrected chi connectivity index (χ0v) is 17.2. The quantitative estimate of drug-likeness (QED) is 0.328. The van der Waals surface area contributed by atoms with Gasteiger partial charge in [-0.15, -0.1) is 0 Å². The lowest BCUT2D eigenvalue weighted by Gasteiger charge is -2.09. The number of nitrogens with zero attached hydrogens (tertiary/aromatic N) is 2. The maximum absolute atomic E-state index is 12.5. The highest BCUT2D eigenvalue weighted by Crippen LogP contribution is 2.18. The van der Waals surface area contributed by atoms with Gasteiger partial charge in [0.15, 0.2) is 0 Å². The number of nitro groups is 1. The number of hydrogen-bond donors (Lipinski definition) is 2. The van der Waals surface area contributed by atoms with Crippen molar-refractivity contribution in [3.05, 3.63) is 94.0 Å². The molecule has 9 heteroatoms. The van der Waals surface area contributed by atoms with Crippen molar-refractivity contribution in [1.29, 1.82) is 0 Å². The van der Waals surface area contributed by atoms with E-state index >= 15 is 0 Å².